The lowest BCUT2D eigenvalue weighted by atomic mass is 10.2. The molecule has 4 heteroatoms. The molecular formula is C27H30O3Si. The Kier molecular flexibility index (Phi) is 7.26. The third kappa shape index (κ3) is 5.21. The molecule has 3 nitrogen and oxygen atoms in total. The molecule has 0 unspecified atom stereocenters. The largest absolute Gasteiger partial charge is 0.460 e. The maximum absolute atomic E-state index is 11.8. The highest BCUT2D eigenvalue weighted by Gasteiger charge is 2.42. The second-order valence-corrected chi connectivity index (χ2v) is 11.4. The fourth-order valence-corrected chi connectivity index (χ4v) is 7.36. The summed E-state index contributed by atoms with van der Waals surface area (Å²) >= 11 is 0. The molecule has 0 atom stereocenters. The Hall–Kier alpha value is -2.95. The molecule has 0 spiro atoms. The van der Waals surface area contributed by atoms with Crippen LogP contribution in [0, 0.1) is 20.8 Å². The second-order valence-electron chi connectivity index (χ2n) is 8.04. The lowest BCUT2D eigenvalue weighted by Gasteiger charge is -2.33. The standard InChI is InChI=1S/C27H30O3Si/c1-20(2)27(28)29-18-19-30-31(24-12-6-21(3)7-13-24,25-14-8-22(4)9-15-25)26-16-10-23(5)11-17-26/h6-17H,1,18-19H2,2-5H3. The normalized spacial score (nSPS) is 11.2. The highest BCUT2D eigenvalue weighted by Crippen LogP contribution is 2.12. The molecule has 0 aliphatic carbocycles. The monoisotopic (exact) mass is 430 g/mol. The Labute approximate surface area is 186 Å². The van der Waals surface area contributed by atoms with Gasteiger partial charge >= 0.3 is 5.97 Å². The van der Waals surface area contributed by atoms with Crippen LogP contribution in [0.15, 0.2) is 84.9 Å². The zero-order valence-corrected chi connectivity index (χ0v) is 19.8. The molecule has 0 amide bonds. The molecule has 0 fully saturated rings. The van der Waals surface area contributed by atoms with Crippen LogP contribution in [0.25, 0.3) is 0 Å². The molecule has 0 saturated carbocycles. The van der Waals surface area contributed by atoms with Gasteiger partial charge in [0.25, 0.3) is 8.32 Å². The first-order valence-corrected chi connectivity index (χ1v) is 12.4. The van der Waals surface area contributed by atoms with Crippen molar-refractivity contribution in [3.63, 3.8) is 0 Å². The van der Waals surface area contributed by atoms with Crippen LogP contribution < -0.4 is 15.6 Å². The highest BCUT2D eigenvalue weighted by molar-refractivity contribution is 7.07. The maximum Gasteiger partial charge on any atom is 0.333 e. The molecule has 0 aliphatic heterocycles. The highest BCUT2D eigenvalue weighted by atomic mass is 28.4. The number of benzene rings is 3. The third-order valence-corrected chi connectivity index (χ3v) is 9.43. The summed E-state index contributed by atoms with van der Waals surface area (Å²) in [6.07, 6.45) is 0. The van der Waals surface area contributed by atoms with E-state index in [0.29, 0.717) is 12.2 Å². The van der Waals surface area contributed by atoms with Crippen molar-refractivity contribution in [1.29, 1.82) is 0 Å². The van der Waals surface area contributed by atoms with Crippen LogP contribution in [0.3, 0.4) is 0 Å². The van der Waals surface area contributed by atoms with Crippen LogP contribution in [0.5, 0.6) is 0 Å². The van der Waals surface area contributed by atoms with E-state index in [0.717, 1.165) is 15.6 Å². The Morgan fingerprint density at radius 3 is 1.39 bits per heavy atom. The quantitative estimate of drug-likeness (QED) is 0.180. The van der Waals surface area contributed by atoms with E-state index in [1.165, 1.54) is 16.7 Å². The number of aryl methyl sites for hydroxylation is 3. The molecule has 3 aromatic carbocycles. The summed E-state index contributed by atoms with van der Waals surface area (Å²) in [5, 5.41) is 3.49. The van der Waals surface area contributed by atoms with Crippen molar-refractivity contribution in [1.82, 2.24) is 0 Å². The van der Waals surface area contributed by atoms with Gasteiger partial charge in [-0.25, -0.2) is 4.79 Å². The zero-order chi connectivity index (χ0) is 22.4. The van der Waals surface area contributed by atoms with E-state index in [4.69, 9.17) is 9.16 Å². The number of hydrogen-bond acceptors (Lipinski definition) is 3. The predicted molar refractivity (Wildman–Crippen MR) is 130 cm³/mol. The van der Waals surface area contributed by atoms with E-state index in [1.807, 2.05) is 0 Å². The van der Waals surface area contributed by atoms with Crippen molar-refractivity contribution >= 4 is 29.8 Å². The minimum Gasteiger partial charge on any atom is -0.460 e. The summed E-state index contributed by atoms with van der Waals surface area (Å²) in [6.45, 7) is 12.0. The minimum absolute atomic E-state index is 0.185. The summed E-state index contributed by atoms with van der Waals surface area (Å²) < 4.78 is 12.1. The number of carbonyl (C=O) groups is 1. The van der Waals surface area contributed by atoms with Gasteiger partial charge in [0.1, 0.15) is 6.61 Å². The van der Waals surface area contributed by atoms with Gasteiger partial charge in [-0.2, -0.15) is 0 Å². The Balaban J connectivity index is 2.09. The van der Waals surface area contributed by atoms with Gasteiger partial charge in [-0.05, 0) is 43.3 Å². The number of ether oxygens (including phenoxy) is 1. The Morgan fingerprint density at radius 2 is 1.06 bits per heavy atom. The van der Waals surface area contributed by atoms with Crippen LogP contribution in [0.2, 0.25) is 0 Å². The summed E-state index contributed by atoms with van der Waals surface area (Å²) in [6, 6.07) is 25.8. The Morgan fingerprint density at radius 1 is 0.710 bits per heavy atom. The van der Waals surface area contributed by atoms with Gasteiger partial charge in [0.05, 0.1) is 6.61 Å². The molecule has 0 bridgehead atoms. The van der Waals surface area contributed by atoms with E-state index >= 15 is 0 Å². The number of esters is 1. The molecule has 0 radical (unpaired) electrons. The molecule has 0 heterocycles. The SMILES string of the molecule is C=C(C)C(=O)OCCO[Si](c1ccc(C)cc1)(c1ccc(C)cc1)c1ccc(C)cc1. The fraction of sp³-hybridized carbons (Fsp3) is 0.222. The van der Waals surface area contributed by atoms with Crippen LogP contribution in [0.1, 0.15) is 23.6 Å². The van der Waals surface area contributed by atoms with Crippen molar-refractivity contribution in [3.8, 4) is 0 Å². The molecule has 160 valence electrons. The molecule has 3 rings (SSSR count). The third-order valence-electron chi connectivity index (χ3n) is 5.36. The van der Waals surface area contributed by atoms with Crippen LogP contribution in [0.4, 0.5) is 0 Å². The number of hydrogen-bond donors (Lipinski definition) is 0. The van der Waals surface area contributed by atoms with Crippen molar-refractivity contribution in [2.75, 3.05) is 13.2 Å². The first-order valence-electron chi connectivity index (χ1n) is 10.5. The van der Waals surface area contributed by atoms with E-state index in [1.54, 1.807) is 6.92 Å². The predicted octanol–water partition coefficient (Wildman–Crippen LogP) is 3.71. The van der Waals surface area contributed by atoms with Gasteiger partial charge in [0.2, 0.25) is 0 Å². The molecular weight excluding hydrogens is 400 g/mol. The maximum atomic E-state index is 11.8. The smallest absolute Gasteiger partial charge is 0.333 e. The van der Waals surface area contributed by atoms with Crippen molar-refractivity contribution in [2.24, 2.45) is 0 Å². The molecule has 0 N–H and O–H groups in total. The molecule has 0 aliphatic rings. The Bertz CT molecular complexity index is 924. The summed E-state index contributed by atoms with van der Waals surface area (Å²) in [4.78, 5) is 11.8. The molecule has 0 aromatic heterocycles. The average Bonchev–Trinajstić information content (AvgIpc) is 2.76. The lowest BCUT2D eigenvalue weighted by Crippen LogP contribution is -2.69. The van der Waals surface area contributed by atoms with E-state index in [-0.39, 0.29) is 6.61 Å². The molecule has 0 saturated heterocycles. The first-order chi connectivity index (χ1) is 14.8. The minimum atomic E-state index is -2.81. The van der Waals surface area contributed by atoms with Gasteiger partial charge in [-0.3, -0.25) is 0 Å². The second kappa shape index (κ2) is 9.90. The van der Waals surface area contributed by atoms with Crippen molar-refractivity contribution in [2.45, 2.75) is 27.7 Å². The van der Waals surface area contributed by atoms with E-state index in [9.17, 15) is 4.79 Å². The summed E-state index contributed by atoms with van der Waals surface area (Å²) in [5.41, 5.74) is 4.00. The zero-order valence-electron chi connectivity index (χ0n) is 18.8. The van der Waals surface area contributed by atoms with E-state index < -0.39 is 14.3 Å². The van der Waals surface area contributed by atoms with Gasteiger partial charge < -0.3 is 9.16 Å². The van der Waals surface area contributed by atoms with Gasteiger partial charge in [-0.1, -0.05) is 96.1 Å². The fourth-order valence-electron chi connectivity index (χ4n) is 3.57. The van der Waals surface area contributed by atoms with Crippen molar-refractivity contribution in [3.05, 3.63) is 102 Å². The van der Waals surface area contributed by atoms with Crippen LogP contribution >= 0.6 is 0 Å². The topological polar surface area (TPSA) is 35.5 Å². The van der Waals surface area contributed by atoms with Crippen LogP contribution in [-0.4, -0.2) is 27.5 Å². The summed E-state index contributed by atoms with van der Waals surface area (Å²) in [7, 11) is -2.81. The van der Waals surface area contributed by atoms with Gasteiger partial charge in [0, 0.05) is 5.57 Å². The number of rotatable bonds is 8. The van der Waals surface area contributed by atoms with Crippen LogP contribution in [-0.2, 0) is 14.0 Å². The van der Waals surface area contributed by atoms with Gasteiger partial charge in [0.15, 0.2) is 0 Å². The average molecular weight is 431 g/mol. The van der Waals surface area contributed by atoms with E-state index in [2.05, 4.69) is 100 Å². The molecule has 31 heavy (non-hydrogen) atoms. The summed E-state index contributed by atoms with van der Waals surface area (Å²) in [5.74, 6) is -0.392. The first kappa shape index (κ1) is 22.7. The number of carbonyl (C=O) groups excluding carboxylic acids is 1. The molecule has 3 aromatic rings. The van der Waals surface area contributed by atoms with Crippen molar-refractivity contribution < 1.29 is 14.0 Å². The van der Waals surface area contributed by atoms with Gasteiger partial charge in [-0.15, -0.1) is 0 Å². The lowest BCUT2D eigenvalue weighted by molar-refractivity contribution is -0.139.